The van der Waals surface area contributed by atoms with Gasteiger partial charge in [0.2, 0.25) is 0 Å². The highest BCUT2D eigenvalue weighted by molar-refractivity contribution is 7.99. The second-order valence-electron chi connectivity index (χ2n) is 6.82. The van der Waals surface area contributed by atoms with Gasteiger partial charge in [-0.3, -0.25) is 14.3 Å². The third-order valence-electron chi connectivity index (χ3n) is 4.49. The van der Waals surface area contributed by atoms with Gasteiger partial charge in [-0.2, -0.15) is 5.10 Å². The number of pyridine rings is 1. The Bertz CT molecular complexity index is 1240. The molecule has 2 heterocycles. The van der Waals surface area contributed by atoms with Crippen molar-refractivity contribution in [2.45, 2.75) is 12.1 Å². The van der Waals surface area contributed by atoms with Crippen molar-refractivity contribution < 1.29 is 9.18 Å². The minimum atomic E-state index is -0.408. The van der Waals surface area contributed by atoms with Gasteiger partial charge in [0.05, 0.1) is 12.0 Å². The summed E-state index contributed by atoms with van der Waals surface area (Å²) >= 11 is 1.23. The largest absolute Gasteiger partial charge is 0.272 e. The van der Waals surface area contributed by atoms with E-state index < -0.39 is 5.82 Å². The van der Waals surface area contributed by atoms with Crippen LogP contribution in [0.4, 0.5) is 4.39 Å². The molecule has 7 nitrogen and oxygen atoms in total. The van der Waals surface area contributed by atoms with Crippen LogP contribution in [0.3, 0.4) is 0 Å². The number of nitrogens with zero attached hydrogens (tertiary/aromatic N) is 5. The molecule has 0 aliphatic carbocycles. The number of nitrogens with one attached hydrogen (secondary N) is 1. The van der Waals surface area contributed by atoms with Crippen molar-refractivity contribution in [1.29, 1.82) is 0 Å². The topological polar surface area (TPSA) is 85.1 Å². The van der Waals surface area contributed by atoms with Crippen LogP contribution >= 0.6 is 11.8 Å². The highest BCUT2D eigenvalue weighted by Crippen LogP contribution is 2.27. The lowest BCUT2D eigenvalue weighted by molar-refractivity contribution is -0.118. The molecule has 32 heavy (non-hydrogen) atoms. The summed E-state index contributed by atoms with van der Waals surface area (Å²) < 4.78 is 15.5. The molecule has 4 aromatic rings. The Morgan fingerprint density at radius 3 is 2.59 bits per heavy atom. The number of hydrazone groups is 1. The van der Waals surface area contributed by atoms with E-state index in [9.17, 15) is 9.18 Å². The van der Waals surface area contributed by atoms with E-state index >= 15 is 0 Å². The molecule has 4 rings (SSSR count). The second kappa shape index (κ2) is 9.97. The quantitative estimate of drug-likeness (QED) is 0.263. The SMILES string of the molecule is Cc1ccc(-n2c(SCC(=O)N/N=C\c3ccccc3F)nnc2-c2ccncc2)cc1. The number of thioether (sulfide) groups is 1. The average molecular weight is 447 g/mol. The maximum atomic E-state index is 13.6. The highest BCUT2D eigenvalue weighted by Gasteiger charge is 2.17. The Balaban J connectivity index is 1.51. The van der Waals surface area contributed by atoms with E-state index in [1.807, 2.05) is 47.9 Å². The number of aryl methyl sites for hydroxylation is 1. The van der Waals surface area contributed by atoms with Crippen LogP contribution < -0.4 is 5.43 Å². The van der Waals surface area contributed by atoms with E-state index in [4.69, 9.17) is 0 Å². The van der Waals surface area contributed by atoms with Crippen molar-refractivity contribution >= 4 is 23.9 Å². The van der Waals surface area contributed by atoms with Gasteiger partial charge in [-0.25, -0.2) is 9.82 Å². The molecule has 0 radical (unpaired) electrons. The van der Waals surface area contributed by atoms with Crippen molar-refractivity contribution in [3.63, 3.8) is 0 Å². The summed E-state index contributed by atoms with van der Waals surface area (Å²) in [6.07, 6.45) is 4.66. The van der Waals surface area contributed by atoms with Gasteiger partial charge in [0.1, 0.15) is 5.82 Å². The fourth-order valence-corrected chi connectivity index (χ4v) is 3.64. The van der Waals surface area contributed by atoms with Gasteiger partial charge in [-0.05, 0) is 37.3 Å². The molecule has 0 unspecified atom stereocenters. The Morgan fingerprint density at radius 1 is 1.09 bits per heavy atom. The zero-order valence-corrected chi connectivity index (χ0v) is 18.0. The van der Waals surface area contributed by atoms with Crippen molar-refractivity contribution in [2.75, 3.05) is 5.75 Å². The molecule has 0 spiro atoms. The fourth-order valence-electron chi connectivity index (χ4n) is 2.89. The van der Waals surface area contributed by atoms with Crippen molar-refractivity contribution in [2.24, 2.45) is 5.10 Å². The van der Waals surface area contributed by atoms with Crippen LogP contribution in [0.2, 0.25) is 0 Å². The van der Waals surface area contributed by atoms with Gasteiger partial charge in [0.15, 0.2) is 11.0 Å². The lowest BCUT2D eigenvalue weighted by atomic mass is 10.2. The van der Waals surface area contributed by atoms with Gasteiger partial charge in [-0.1, -0.05) is 47.7 Å². The molecule has 2 aromatic heterocycles. The first kappa shape index (κ1) is 21.4. The molecular weight excluding hydrogens is 427 g/mol. The monoisotopic (exact) mass is 446 g/mol. The maximum Gasteiger partial charge on any atom is 0.250 e. The first-order valence-corrected chi connectivity index (χ1v) is 10.7. The van der Waals surface area contributed by atoms with Crippen LogP contribution in [0, 0.1) is 12.7 Å². The molecule has 0 bridgehead atoms. The molecule has 9 heteroatoms. The first-order valence-electron chi connectivity index (χ1n) is 9.74. The van der Waals surface area contributed by atoms with Gasteiger partial charge in [0.25, 0.3) is 5.91 Å². The fraction of sp³-hybridized carbons (Fsp3) is 0.0870. The predicted octanol–water partition coefficient (Wildman–Crippen LogP) is 4.02. The van der Waals surface area contributed by atoms with Crippen LogP contribution in [0.25, 0.3) is 17.1 Å². The summed E-state index contributed by atoms with van der Waals surface area (Å²) in [4.78, 5) is 16.3. The smallest absolute Gasteiger partial charge is 0.250 e. The third kappa shape index (κ3) is 5.06. The van der Waals surface area contributed by atoms with Crippen LogP contribution in [0.15, 0.2) is 83.3 Å². The van der Waals surface area contributed by atoms with Gasteiger partial charge < -0.3 is 0 Å². The lowest BCUT2D eigenvalue weighted by Crippen LogP contribution is -2.20. The van der Waals surface area contributed by atoms with Crippen molar-refractivity contribution in [3.05, 3.63) is 90.0 Å². The summed E-state index contributed by atoms with van der Waals surface area (Å²) in [5, 5.41) is 13.0. The van der Waals surface area contributed by atoms with Crippen LogP contribution in [-0.4, -0.2) is 37.6 Å². The molecule has 0 fully saturated rings. The van der Waals surface area contributed by atoms with E-state index in [0.717, 1.165) is 16.8 Å². The number of hydrogen-bond donors (Lipinski definition) is 1. The summed E-state index contributed by atoms with van der Waals surface area (Å²) in [7, 11) is 0. The number of carbonyl (C=O) groups is 1. The number of aromatic nitrogens is 4. The minimum absolute atomic E-state index is 0.0644. The lowest BCUT2D eigenvalue weighted by Gasteiger charge is -2.10. The molecule has 160 valence electrons. The van der Waals surface area contributed by atoms with E-state index in [-0.39, 0.29) is 11.7 Å². The molecular formula is C23H19FN6OS. The third-order valence-corrected chi connectivity index (χ3v) is 5.42. The zero-order valence-electron chi connectivity index (χ0n) is 17.1. The van der Waals surface area contributed by atoms with Gasteiger partial charge in [-0.15, -0.1) is 10.2 Å². The maximum absolute atomic E-state index is 13.6. The molecule has 1 N–H and O–H groups in total. The number of rotatable bonds is 7. The average Bonchev–Trinajstić information content (AvgIpc) is 3.24. The Kier molecular flexibility index (Phi) is 6.66. The normalized spacial score (nSPS) is 11.1. The van der Waals surface area contributed by atoms with Gasteiger partial charge in [0, 0.05) is 29.2 Å². The summed E-state index contributed by atoms with van der Waals surface area (Å²) in [5.74, 6) is -0.0347. The number of carbonyl (C=O) groups excluding carboxylic acids is 1. The first-order chi connectivity index (χ1) is 15.6. The Hall–Kier alpha value is -3.85. The summed E-state index contributed by atoms with van der Waals surface area (Å²) in [6.45, 7) is 2.02. The van der Waals surface area contributed by atoms with Crippen molar-refractivity contribution in [1.82, 2.24) is 25.2 Å². The van der Waals surface area contributed by atoms with Crippen LogP contribution in [-0.2, 0) is 4.79 Å². The summed E-state index contributed by atoms with van der Waals surface area (Å²) in [5.41, 5.74) is 5.58. The summed E-state index contributed by atoms with van der Waals surface area (Å²) in [6, 6.07) is 17.9. The number of amides is 1. The van der Waals surface area contributed by atoms with E-state index in [1.165, 1.54) is 24.0 Å². The molecule has 1 amide bonds. The molecule has 0 aliphatic rings. The molecule has 0 saturated heterocycles. The molecule has 0 aliphatic heterocycles. The Labute approximate surface area is 188 Å². The molecule has 2 aromatic carbocycles. The number of hydrogen-bond acceptors (Lipinski definition) is 6. The zero-order chi connectivity index (χ0) is 22.3. The number of benzene rings is 2. The predicted molar refractivity (Wildman–Crippen MR) is 122 cm³/mol. The van der Waals surface area contributed by atoms with E-state index in [0.29, 0.717) is 16.5 Å². The van der Waals surface area contributed by atoms with Crippen molar-refractivity contribution in [3.8, 4) is 17.1 Å². The standard InChI is InChI=1S/C23H19FN6OS/c1-16-6-8-19(9-7-16)30-22(17-10-12-25-13-11-17)28-29-23(30)32-15-21(31)27-26-14-18-4-2-3-5-20(18)24/h2-14H,15H2,1H3,(H,27,31)/b26-14-. The van der Waals surface area contributed by atoms with Crippen LogP contribution in [0.5, 0.6) is 0 Å². The second-order valence-corrected chi connectivity index (χ2v) is 7.76. The number of halogens is 1. The molecule has 0 atom stereocenters. The van der Waals surface area contributed by atoms with Crippen LogP contribution in [0.1, 0.15) is 11.1 Å². The van der Waals surface area contributed by atoms with E-state index in [2.05, 4.69) is 25.7 Å². The van der Waals surface area contributed by atoms with Gasteiger partial charge >= 0.3 is 0 Å². The highest BCUT2D eigenvalue weighted by atomic mass is 32.2. The molecule has 0 saturated carbocycles. The Morgan fingerprint density at radius 2 is 1.84 bits per heavy atom. The minimum Gasteiger partial charge on any atom is -0.272 e. The van der Waals surface area contributed by atoms with E-state index in [1.54, 1.807) is 30.6 Å².